The van der Waals surface area contributed by atoms with Crippen molar-refractivity contribution in [1.29, 1.82) is 0 Å². The van der Waals surface area contributed by atoms with Gasteiger partial charge in [0.1, 0.15) is 0 Å². The molecule has 0 saturated carbocycles. The fraction of sp³-hybridized carbons (Fsp3) is 0.333. The molecule has 104 valence electrons. The van der Waals surface area contributed by atoms with Crippen LogP contribution in [-0.4, -0.2) is 13.0 Å². The van der Waals surface area contributed by atoms with Crippen LogP contribution in [0.25, 0.3) is 10.8 Å². The fourth-order valence-corrected chi connectivity index (χ4v) is 2.42. The number of aryl methyl sites for hydroxylation is 1. The first-order chi connectivity index (χ1) is 8.73. The zero-order valence-corrected chi connectivity index (χ0v) is 12.5. The average Bonchev–Trinajstić information content (AvgIpc) is 2.27. The lowest BCUT2D eigenvalue weighted by molar-refractivity contribution is 0.482. The van der Waals surface area contributed by atoms with Crippen LogP contribution in [-0.2, 0) is 10.1 Å². The second kappa shape index (κ2) is 6.17. The van der Waals surface area contributed by atoms with Crippen LogP contribution >= 0.6 is 0 Å². The van der Waals surface area contributed by atoms with Crippen molar-refractivity contribution < 1.29 is 13.0 Å². The summed E-state index contributed by atoms with van der Waals surface area (Å²) in [4.78, 5) is -0.0267. The second-order valence-electron chi connectivity index (χ2n) is 5.12. The van der Waals surface area contributed by atoms with E-state index in [1.165, 1.54) is 6.07 Å². The van der Waals surface area contributed by atoms with Gasteiger partial charge < -0.3 is 0 Å². The molecule has 0 aliphatic heterocycles. The third-order valence-electron chi connectivity index (χ3n) is 2.43. The molecule has 0 fully saturated rings. The molecule has 0 saturated heterocycles. The Morgan fingerprint density at radius 2 is 1.53 bits per heavy atom. The molecule has 0 aromatic heterocycles. The van der Waals surface area contributed by atoms with Crippen LogP contribution in [0.15, 0.2) is 41.3 Å². The van der Waals surface area contributed by atoms with Crippen LogP contribution in [0.2, 0.25) is 0 Å². The van der Waals surface area contributed by atoms with Crippen molar-refractivity contribution >= 4 is 20.9 Å². The maximum absolute atomic E-state index is 11.1. The third kappa shape index (κ3) is 4.33. The van der Waals surface area contributed by atoms with E-state index in [9.17, 15) is 8.42 Å². The van der Waals surface area contributed by atoms with E-state index >= 15 is 0 Å². The Morgan fingerprint density at radius 3 is 2.05 bits per heavy atom. The Hall–Kier alpha value is -1.39. The monoisotopic (exact) mass is 280 g/mol. The zero-order valence-electron chi connectivity index (χ0n) is 11.7. The molecule has 0 radical (unpaired) electrons. The van der Waals surface area contributed by atoms with Crippen molar-refractivity contribution in [3.8, 4) is 0 Å². The Kier molecular flexibility index (Phi) is 5.09. The SMILES string of the molecule is CC(C)C.Cc1c(S(=O)(=O)O)ccc2ccccc12. The zero-order chi connectivity index (χ0) is 14.6. The molecule has 0 heterocycles. The number of rotatable bonds is 1. The molecule has 1 N–H and O–H groups in total. The summed E-state index contributed by atoms with van der Waals surface area (Å²) in [7, 11) is -4.12. The van der Waals surface area contributed by atoms with Gasteiger partial charge in [-0.2, -0.15) is 8.42 Å². The van der Waals surface area contributed by atoms with Gasteiger partial charge in [0.05, 0.1) is 4.90 Å². The summed E-state index contributed by atoms with van der Waals surface area (Å²) in [5, 5.41) is 1.80. The van der Waals surface area contributed by atoms with Gasteiger partial charge in [0.2, 0.25) is 0 Å². The first kappa shape index (κ1) is 15.7. The molecule has 0 bridgehead atoms. The van der Waals surface area contributed by atoms with Gasteiger partial charge >= 0.3 is 0 Å². The lowest BCUT2D eigenvalue weighted by atomic mass is 10.1. The molecular formula is C15H20O3S. The summed E-state index contributed by atoms with van der Waals surface area (Å²) >= 11 is 0. The Bertz CT molecular complexity index is 655. The van der Waals surface area contributed by atoms with Crippen molar-refractivity contribution in [2.45, 2.75) is 32.6 Å². The number of fused-ring (bicyclic) bond motifs is 1. The van der Waals surface area contributed by atoms with Gasteiger partial charge in [0.25, 0.3) is 10.1 Å². The van der Waals surface area contributed by atoms with Crippen LogP contribution < -0.4 is 0 Å². The molecule has 19 heavy (non-hydrogen) atoms. The summed E-state index contributed by atoms with van der Waals surface area (Å²) in [5.41, 5.74) is 0.579. The summed E-state index contributed by atoms with van der Waals surface area (Å²) < 4.78 is 31.1. The minimum Gasteiger partial charge on any atom is -0.282 e. The third-order valence-corrected chi connectivity index (χ3v) is 3.42. The first-order valence-electron chi connectivity index (χ1n) is 6.19. The molecule has 0 unspecified atom stereocenters. The topological polar surface area (TPSA) is 54.4 Å². The van der Waals surface area contributed by atoms with Gasteiger partial charge in [0, 0.05) is 0 Å². The van der Waals surface area contributed by atoms with Gasteiger partial charge in [0.15, 0.2) is 0 Å². The van der Waals surface area contributed by atoms with Crippen molar-refractivity contribution in [3.05, 3.63) is 42.0 Å². The van der Waals surface area contributed by atoms with Crippen molar-refractivity contribution in [2.75, 3.05) is 0 Å². The highest BCUT2D eigenvalue weighted by Gasteiger charge is 2.14. The molecule has 4 heteroatoms. The maximum Gasteiger partial charge on any atom is 0.294 e. The number of hydrogen-bond acceptors (Lipinski definition) is 2. The molecule has 0 amide bonds. The van der Waals surface area contributed by atoms with E-state index in [2.05, 4.69) is 20.8 Å². The lowest BCUT2D eigenvalue weighted by Crippen LogP contribution is -2.00. The molecule has 3 nitrogen and oxygen atoms in total. The first-order valence-corrected chi connectivity index (χ1v) is 7.63. The van der Waals surface area contributed by atoms with Crippen LogP contribution in [0.1, 0.15) is 26.3 Å². The summed E-state index contributed by atoms with van der Waals surface area (Å²) in [6.07, 6.45) is 0. The van der Waals surface area contributed by atoms with Gasteiger partial charge in [-0.25, -0.2) is 0 Å². The lowest BCUT2D eigenvalue weighted by Gasteiger charge is -2.06. The smallest absolute Gasteiger partial charge is 0.282 e. The van der Waals surface area contributed by atoms with E-state index in [-0.39, 0.29) is 4.90 Å². The molecule has 2 aromatic carbocycles. The predicted octanol–water partition coefficient (Wildman–Crippen LogP) is 4.06. The summed E-state index contributed by atoms with van der Waals surface area (Å²) in [6, 6.07) is 10.6. The van der Waals surface area contributed by atoms with E-state index in [4.69, 9.17) is 4.55 Å². The molecule has 2 aromatic rings. The molecule has 2 rings (SSSR count). The molecular weight excluding hydrogens is 260 g/mol. The average molecular weight is 280 g/mol. The van der Waals surface area contributed by atoms with Crippen LogP contribution in [0.5, 0.6) is 0 Å². The maximum atomic E-state index is 11.1. The van der Waals surface area contributed by atoms with E-state index in [0.29, 0.717) is 5.56 Å². The van der Waals surface area contributed by atoms with E-state index < -0.39 is 10.1 Å². The quantitative estimate of drug-likeness (QED) is 0.801. The second-order valence-corrected chi connectivity index (χ2v) is 6.51. The fourth-order valence-electron chi connectivity index (χ4n) is 1.69. The molecule has 0 spiro atoms. The minimum atomic E-state index is -4.12. The Balaban J connectivity index is 0.000000399. The Labute approximate surface area is 115 Å². The predicted molar refractivity (Wildman–Crippen MR) is 79.0 cm³/mol. The van der Waals surface area contributed by atoms with Crippen LogP contribution in [0, 0.1) is 12.8 Å². The normalized spacial score (nSPS) is 11.3. The van der Waals surface area contributed by atoms with E-state index in [0.717, 1.165) is 16.7 Å². The van der Waals surface area contributed by atoms with Crippen molar-refractivity contribution in [2.24, 2.45) is 5.92 Å². The highest BCUT2D eigenvalue weighted by molar-refractivity contribution is 7.85. The van der Waals surface area contributed by atoms with Crippen LogP contribution in [0.4, 0.5) is 0 Å². The van der Waals surface area contributed by atoms with Gasteiger partial charge in [-0.15, -0.1) is 0 Å². The standard InChI is InChI=1S/C11H10O3S.C4H10/c1-8-10-5-3-2-4-9(10)6-7-11(8)15(12,13)14;1-4(2)3/h2-7H,1H3,(H,12,13,14);4H,1-3H3. The largest absolute Gasteiger partial charge is 0.294 e. The van der Waals surface area contributed by atoms with Gasteiger partial charge in [-0.3, -0.25) is 4.55 Å². The van der Waals surface area contributed by atoms with E-state index in [1.807, 2.05) is 24.3 Å². The van der Waals surface area contributed by atoms with Crippen molar-refractivity contribution in [1.82, 2.24) is 0 Å². The highest BCUT2D eigenvalue weighted by atomic mass is 32.2. The van der Waals surface area contributed by atoms with Crippen molar-refractivity contribution in [3.63, 3.8) is 0 Å². The van der Waals surface area contributed by atoms with Gasteiger partial charge in [-0.1, -0.05) is 51.1 Å². The summed E-state index contributed by atoms with van der Waals surface area (Å²) in [5.74, 6) is 0.833. The summed E-state index contributed by atoms with van der Waals surface area (Å²) in [6.45, 7) is 8.19. The molecule has 0 aliphatic rings. The van der Waals surface area contributed by atoms with E-state index in [1.54, 1.807) is 13.0 Å². The van der Waals surface area contributed by atoms with Crippen LogP contribution in [0.3, 0.4) is 0 Å². The Morgan fingerprint density at radius 1 is 1.00 bits per heavy atom. The van der Waals surface area contributed by atoms with Gasteiger partial charge in [-0.05, 0) is 35.2 Å². The number of hydrogen-bond donors (Lipinski definition) is 1. The minimum absolute atomic E-state index is 0.0267. The molecule has 0 aliphatic carbocycles. The number of benzene rings is 2. The molecule has 0 atom stereocenters. The highest BCUT2D eigenvalue weighted by Crippen LogP contribution is 2.24.